The Morgan fingerprint density at radius 2 is 2.29 bits per heavy atom. The highest BCUT2D eigenvalue weighted by molar-refractivity contribution is 6.35. The third-order valence-electron chi connectivity index (χ3n) is 3.49. The summed E-state index contributed by atoms with van der Waals surface area (Å²) in [4.78, 5) is 4.66. The minimum atomic E-state index is 0.0541. The molecular weight excluding hydrogens is 234 g/mol. The lowest BCUT2D eigenvalue weighted by atomic mass is 10.2. The number of nitrogens with zero attached hydrogens (tertiary/aromatic N) is 2. The zero-order valence-electron chi connectivity index (χ0n) is 9.86. The van der Waals surface area contributed by atoms with E-state index in [9.17, 15) is 0 Å². The third-order valence-corrected chi connectivity index (χ3v) is 3.80. The number of nitrogens with two attached hydrogens (primary N) is 1. The van der Waals surface area contributed by atoms with Gasteiger partial charge in [-0.05, 0) is 37.8 Å². The van der Waals surface area contributed by atoms with Gasteiger partial charge in [-0.2, -0.15) is 0 Å². The van der Waals surface area contributed by atoms with E-state index >= 15 is 0 Å². The van der Waals surface area contributed by atoms with E-state index in [-0.39, 0.29) is 6.04 Å². The summed E-state index contributed by atoms with van der Waals surface area (Å²) in [7, 11) is 0. The number of hydrogen-bond acceptors (Lipinski definition) is 2. The fourth-order valence-electron chi connectivity index (χ4n) is 2.40. The molecule has 3 rings (SSSR count). The smallest absolute Gasteiger partial charge is 0.127 e. The largest absolute Gasteiger partial charge is 0.326 e. The number of aromatic nitrogens is 2. The van der Waals surface area contributed by atoms with E-state index in [2.05, 4.69) is 16.5 Å². The van der Waals surface area contributed by atoms with Crippen molar-refractivity contribution in [1.82, 2.24) is 9.55 Å². The van der Waals surface area contributed by atoms with Gasteiger partial charge in [-0.1, -0.05) is 17.7 Å². The van der Waals surface area contributed by atoms with Gasteiger partial charge in [0.15, 0.2) is 0 Å². The van der Waals surface area contributed by atoms with Crippen molar-refractivity contribution < 1.29 is 0 Å². The Morgan fingerprint density at radius 1 is 1.53 bits per heavy atom. The SMILES string of the molecule is CCn1c(C(N)C2CC2)nc2cccc(Cl)c21. The van der Waals surface area contributed by atoms with Crippen LogP contribution in [-0.2, 0) is 6.54 Å². The number of hydrogen-bond donors (Lipinski definition) is 1. The van der Waals surface area contributed by atoms with Gasteiger partial charge < -0.3 is 10.3 Å². The maximum atomic E-state index is 6.26. The predicted octanol–water partition coefficient (Wildman–Crippen LogP) is 3.12. The minimum Gasteiger partial charge on any atom is -0.326 e. The molecule has 17 heavy (non-hydrogen) atoms. The van der Waals surface area contributed by atoms with Crippen LogP contribution in [0.5, 0.6) is 0 Å². The number of benzene rings is 1. The van der Waals surface area contributed by atoms with E-state index in [0.717, 1.165) is 28.4 Å². The summed E-state index contributed by atoms with van der Waals surface area (Å²) in [6.45, 7) is 2.96. The molecule has 2 N–H and O–H groups in total. The molecule has 1 unspecified atom stereocenters. The van der Waals surface area contributed by atoms with Gasteiger partial charge in [-0.25, -0.2) is 4.98 Å². The lowest BCUT2D eigenvalue weighted by Gasteiger charge is -2.12. The van der Waals surface area contributed by atoms with Crippen molar-refractivity contribution in [3.63, 3.8) is 0 Å². The molecule has 1 aromatic carbocycles. The summed E-state index contributed by atoms with van der Waals surface area (Å²) in [6, 6.07) is 5.89. The van der Waals surface area contributed by atoms with Gasteiger partial charge in [0, 0.05) is 6.54 Å². The van der Waals surface area contributed by atoms with Crippen LogP contribution in [0.4, 0.5) is 0 Å². The molecule has 0 saturated heterocycles. The molecule has 3 nitrogen and oxygen atoms in total. The summed E-state index contributed by atoms with van der Waals surface area (Å²) in [6.07, 6.45) is 2.45. The fraction of sp³-hybridized carbons (Fsp3) is 0.462. The second kappa shape index (κ2) is 4.00. The number of rotatable bonds is 3. The van der Waals surface area contributed by atoms with Crippen LogP contribution in [0, 0.1) is 5.92 Å². The molecule has 0 aliphatic heterocycles. The summed E-state index contributed by atoms with van der Waals surface area (Å²) in [5.74, 6) is 1.59. The Kier molecular flexibility index (Phi) is 2.60. The first-order chi connectivity index (χ1) is 8.22. The molecule has 4 heteroatoms. The molecule has 1 aromatic heterocycles. The van der Waals surface area contributed by atoms with E-state index in [4.69, 9.17) is 17.3 Å². The molecule has 0 amide bonds. The Morgan fingerprint density at radius 3 is 2.94 bits per heavy atom. The highest BCUT2D eigenvalue weighted by atomic mass is 35.5. The van der Waals surface area contributed by atoms with Crippen LogP contribution in [-0.4, -0.2) is 9.55 Å². The van der Waals surface area contributed by atoms with E-state index in [1.165, 1.54) is 12.8 Å². The predicted molar refractivity (Wildman–Crippen MR) is 70.1 cm³/mol. The second-order valence-corrected chi connectivity index (χ2v) is 5.09. The first-order valence-corrected chi connectivity index (χ1v) is 6.50. The molecule has 1 atom stereocenters. The first kappa shape index (κ1) is 11.1. The van der Waals surface area contributed by atoms with Crippen molar-refractivity contribution in [2.24, 2.45) is 11.7 Å². The standard InChI is InChI=1S/C13H16ClN3/c1-2-17-12-9(14)4-3-5-10(12)16-13(17)11(15)8-6-7-8/h3-5,8,11H,2,6-7,15H2,1H3. The first-order valence-electron chi connectivity index (χ1n) is 6.12. The molecule has 1 aliphatic rings. The molecule has 90 valence electrons. The minimum absolute atomic E-state index is 0.0541. The summed E-state index contributed by atoms with van der Waals surface area (Å²) < 4.78 is 2.15. The Hall–Kier alpha value is -1.06. The summed E-state index contributed by atoms with van der Waals surface area (Å²) in [5, 5.41) is 0.756. The number of fused-ring (bicyclic) bond motifs is 1. The molecule has 1 heterocycles. The molecular formula is C13H16ClN3. The zero-order valence-corrected chi connectivity index (χ0v) is 10.6. The van der Waals surface area contributed by atoms with Crippen LogP contribution in [0.3, 0.4) is 0 Å². The molecule has 1 saturated carbocycles. The highest BCUT2D eigenvalue weighted by Gasteiger charge is 2.32. The van der Waals surface area contributed by atoms with Crippen molar-refractivity contribution >= 4 is 22.6 Å². The van der Waals surface area contributed by atoms with Crippen molar-refractivity contribution in [2.45, 2.75) is 32.4 Å². The van der Waals surface area contributed by atoms with Crippen LogP contribution in [0.1, 0.15) is 31.6 Å². The fourth-order valence-corrected chi connectivity index (χ4v) is 2.67. The quantitative estimate of drug-likeness (QED) is 0.908. The molecule has 2 aromatic rings. The Bertz CT molecular complexity index is 557. The van der Waals surface area contributed by atoms with Gasteiger partial charge in [0.25, 0.3) is 0 Å². The van der Waals surface area contributed by atoms with Gasteiger partial charge in [-0.3, -0.25) is 0 Å². The molecule has 0 spiro atoms. The van der Waals surface area contributed by atoms with Crippen LogP contribution in [0.2, 0.25) is 5.02 Å². The lowest BCUT2D eigenvalue weighted by Crippen LogP contribution is -2.18. The van der Waals surface area contributed by atoms with Crippen LogP contribution in [0.15, 0.2) is 18.2 Å². The molecule has 0 radical (unpaired) electrons. The van der Waals surface area contributed by atoms with E-state index < -0.39 is 0 Å². The van der Waals surface area contributed by atoms with Crippen LogP contribution < -0.4 is 5.73 Å². The number of imidazole rings is 1. The highest BCUT2D eigenvalue weighted by Crippen LogP contribution is 2.40. The van der Waals surface area contributed by atoms with E-state index in [0.29, 0.717) is 5.92 Å². The third kappa shape index (κ3) is 1.74. The zero-order chi connectivity index (χ0) is 12.0. The average molecular weight is 250 g/mol. The van der Waals surface area contributed by atoms with Crippen LogP contribution in [0.25, 0.3) is 11.0 Å². The Labute approximate surface area is 106 Å². The van der Waals surface area contributed by atoms with Gasteiger partial charge in [0.05, 0.1) is 22.1 Å². The topological polar surface area (TPSA) is 43.8 Å². The van der Waals surface area contributed by atoms with Gasteiger partial charge in [0.1, 0.15) is 5.82 Å². The second-order valence-electron chi connectivity index (χ2n) is 4.69. The van der Waals surface area contributed by atoms with Crippen molar-refractivity contribution in [3.8, 4) is 0 Å². The van der Waals surface area contributed by atoms with Gasteiger partial charge in [0.2, 0.25) is 0 Å². The Balaban J connectivity index is 2.20. The lowest BCUT2D eigenvalue weighted by molar-refractivity contribution is 0.557. The van der Waals surface area contributed by atoms with Crippen molar-refractivity contribution in [2.75, 3.05) is 0 Å². The van der Waals surface area contributed by atoms with Crippen LogP contribution >= 0.6 is 11.6 Å². The maximum Gasteiger partial charge on any atom is 0.127 e. The number of para-hydroxylation sites is 1. The normalized spacial score (nSPS) is 17.6. The maximum absolute atomic E-state index is 6.26. The molecule has 1 aliphatic carbocycles. The number of aryl methyl sites for hydroxylation is 1. The van der Waals surface area contributed by atoms with Gasteiger partial charge >= 0.3 is 0 Å². The summed E-state index contributed by atoms with van der Waals surface area (Å²) >= 11 is 6.25. The van der Waals surface area contributed by atoms with Crippen molar-refractivity contribution in [3.05, 3.63) is 29.0 Å². The van der Waals surface area contributed by atoms with Crippen molar-refractivity contribution in [1.29, 1.82) is 0 Å². The van der Waals surface area contributed by atoms with Gasteiger partial charge in [-0.15, -0.1) is 0 Å². The molecule has 1 fully saturated rings. The number of halogens is 1. The average Bonchev–Trinajstić information content (AvgIpc) is 3.09. The molecule has 0 bridgehead atoms. The summed E-state index contributed by atoms with van der Waals surface area (Å²) in [5.41, 5.74) is 8.23. The van der Waals surface area contributed by atoms with E-state index in [1.54, 1.807) is 0 Å². The monoisotopic (exact) mass is 249 g/mol. The van der Waals surface area contributed by atoms with E-state index in [1.807, 2.05) is 18.2 Å².